The summed E-state index contributed by atoms with van der Waals surface area (Å²) >= 11 is 0. The van der Waals surface area contributed by atoms with Crippen molar-refractivity contribution in [1.29, 1.82) is 0 Å². The number of aromatic nitrogens is 1. The SMILES string of the molecule is Cc1ccnc2c1NC(=O)C2C. The summed E-state index contributed by atoms with van der Waals surface area (Å²) < 4.78 is 0. The second kappa shape index (κ2) is 2.30. The maximum Gasteiger partial charge on any atom is 0.233 e. The van der Waals surface area contributed by atoms with Gasteiger partial charge in [-0.15, -0.1) is 0 Å². The van der Waals surface area contributed by atoms with Gasteiger partial charge < -0.3 is 5.32 Å². The number of carbonyl (C=O) groups is 1. The van der Waals surface area contributed by atoms with Crippen molar-refractivity contribution in [2.24, 2.45) is 0 Å². The predicted octanol–water partition coefficient (Wildman–Crippen LogP) is 1.45. The molecule has 1 amide bonds. The van der Waals surface area contributed by atoms with Crippen LogP contribution in [0.25, 0.3) is 0 Å². The van der Waals surface area contributed by atoms with Gasteiger partial charge in [0.2, 0.25) is 5.91 Å². The Kier molecular flexibility index (Phi) is 1.40. The molecule has 1 aliphatic rings. The summed E-state index contributed by atoms with van der Waals surface area (Å²) in [6.07, 6.45) is 1.74. The molecule has 3 nitrogen and oxygen atoms in total. The molecule has 1 aromatic rings. The zero-order valence-electron chi connectivity index (χ0n) is 7.09. The van der Waals surface area contributed by atoms with E-state index in [-0.39, 0.29) is 11.8 Å². The zero-order valence-corrected chi connectivity index (χ0v) is 7.09. The number of nitrogens with one attached hydrogen (secondary N) is 1. The molecule has 1 unspecified atom stereocenters. The van der Waals surface area contributed by atoms with Crippen LogP contribution in [0.5, 0.6) is 0 Å². The molecule has 1 N–H and O–H groups in total. The molecule has 3 heteroatoms. The van der Waals surface area contributed by atoms with Crippen LogP contribution in [0.1, 0.15) is 24.1 Å². The molecule has 0 fully saturated rings. The van der Waals surface area contributed by atoms with Crippen LogP contribution in [0.4, 0.5) is 5.69 Å². The monoisotopic (exact) mass is 162 g/mol. The minimum Gasteiger partial charge on any atom is -0.324 e. The summed E-state index contributed by atoms with van der Waals surface area (Å²) in [5, 5.41) is 2.81. The first-order valence-electron chi connectivity index (χ1n) is 3.96. The third kappa shape index (κ3) is 0.826. The highest BCUT2D eigenvalue weighted by Crippen LogP contribution is 2.31. The van der Waals surface area contributed by atoms with E-state index in [1.165, 1.54) is 0 Å². The van der Waals surface area contributed by atoms with Gasteiger partial charge in [0.1, 0.15) is 0 Å². The molecule has 0 aromatic carbocycles. The zero-order chi connectivity index (χ0) is 8.72. The van der Waals surface area contributed by atoms with E-state index in [2.05, 4.69) is 10.3 Å². The molecule has 0 saturated heterocycles. The van der Waals surface area contributed by atoms with E-state index in [1.807, 2.05) is 19.9 Å². The number of aryl methyl sites for hydroxylation is 1. The van der Waals surface area contributed by atoms with E-state index < -0.39 is 0 Å². The molecule has 12 heavy (non-hydrogen) atoms. The second-order valence-electron chi connectivity index (χ2n) is 3.10. The number of carbonyl (C=O) groups excluding carboxylic acids is 1. The van der Waals surface area contributed by atoms with Crippen LogP contribution in [0.3, 0.4) is 0 Å². The molecule has 1 aliphatic heterocycles. The van der Waals surface area contributed by atoms with Gasteiger partial charge in [0, 0.05) is 6.20 Å². The van der Waals surface area contributed by atoms with E-state index >= 15 is 0 Å². The van der Waals surface area contributed by atoms with Gasteiger partial charge in [0.15, 0.2) is 0 Å². The highest BCUT2D eigenvalue weighted by Gasteiger charge is 2.28. The summed E-state index contributed by atoms with van der Waals surface area (Å²) in [4.78, 5) is 15.4. The number of hydrogen-bond donors (Lipinski definition) is 1. The second-order valence-corrected chi connectivity index (χ2v) is 3.10. The fraction of sp³-hybridized carbons (Fsp3) is 0.333. The number of fused-ring (bicyclic) bond motifs is 1. The lowest BCUT2D eigenvalue weighted by molar-refractivity contribution is -0.116. The van der Waals surface area contributed by atoms with E-state index in [1.54, 1.807) is 6.20 Å². The maximum absolute atomic E-state index is 11.2. The van der Waals surface area contributed by atoms with Crippen LogP contribution in [-0.4, -0.2) is 10.9 Å². The molecule has 0 bridgehead atoms. The third-order valence-electron chi connectivity index (χ3n) is 2.24. The molecule has 0 saturated carbocycles. The lowest BCUT2D eigenvalue weighted by Crippen LogP contribution is -2.08. The van der Waals surface area contributed by atoms with Crippen LogP contribution >= 0.6 is 0 Å². The van der Waals surface area contributed by atoms with Crippen molar-refractivity contribution in [1.82, 2.24) is 4.98 Å². The molecule has 2 rings (SSSR count). The fourth-order valence-corrected chi connectivity index (χ4v) is 1.43. The fourth-order valence-electron chi connectivity index (χ4n) is 1.43. The highest BCUT2D eigenvalue weighted by molar-refractivity contribution is 6.02. The van der Waals surface area contributed by atoms with Gasteiger partial charge in [0.05, 0.1) is 17.3 Å². The number of rotatable bonds is 0. The first-order valence-corrected chi connectivity index (χ1v) is 3.96. The smallest absolute Gasteiger partial charge is 0.233 e. The van der Waals surface area contributed by atoms with E-state index in [4.69, 9.17) is 0 Å². The van der Waals surface area contributed by atoms with Crippen LogP contribution in [0, 0.1) is 6.92 Å². The number of pyridine rings is 1. The largest absolute Gasteiger partial charge is 0.324 e. The quantitative estimate of drug-likeness (QED) is 0.627. The Labute approximate surface area is 70.8 Å². The Bertz CT molecular complexity index is 346. The molecule has 62 valence electrons. The maximum atomic E-state index is 11.2. The Morgan fingerprint density at radius 1 is 1.58 bits per heavy atom. The van der Waals surface area contributed by atoms with E-state index in [0.29, 0.717) is 0 Å². The Balaban J connectivity index is 2.60. The van der Waals surface area contributed by atoms with Crippen molar-refractivity contribution in [3.63, 3.8) is 0 Å². The number of hydrogen-bond acceptors (Lipinski definition) is 2. The van der Waals surface area contributed by atoms with Gasteiger partial charge in [-0.2, -0.15) is 0 Å². The Morgan fingerprint density at radius 2 is 2.33 bits per heavy atom. The van der Waals surface area contributed by atoms with Crippen molar-refractivity contribution < 1.29 is 4.79 Å². The molecular formula is C9H10N2O. The topological polar surface area (TPSA) is 42.0 Å². The first kappa shape index (κ1) is 7.28. The summed E-state index contributed by atoms with van der Waals surface area (Å²) in [6, 6.07) is 1.90. The van der Waals surface area contributed by atoms with Gasteiger partial charge in [-0.1, -0.05) is 0 Å². The van der Waals surface area contributed by atoms with Crippen LogP contribution in [-0.2, 0) is 4.79 Å². The Morgan fingerprint density at radius 3 is 3.00 bits per heavy atom. The first-order chi connectivity index (χ1) is 5.70. The van der Waals surface area contributed by atoms with Gasteiger partial charge in [-0.25, -0.2) is 0 Å². The van der Waals surface area contributed by atoms with Crippen molar-refractivity contribution in [2.45, 2.75) is 19.8 Å². The van der Waals surface area contributed by atoms with Gasteiger partial charge in [0.25, 0.3) is 0 Å². The molecule has 1 atom stereocenters. The summed E-state index contributed by atoms with van der Waals surface area (Å²) in [5.41, 5.74) is 2.85. The lowest BCUT2D eigenvalue weighted by atomic mass is 10.1. The molecule has 0 aliphatic carbocycles. The minimum absolute atomic E-state index is 0.0480. The van der Waals surface area contributed by atoms with E-state index in [9.17, 15) is 4.79 Å². The summed E-state index contributed by atoms with van der Waals surface area (Å²) in [6.45, 7) is 3.84. The average molecular weight is 162 g/mol. The van der Waals surface area contributed by atoms with Gasteiger partial charge in [-0.05, 0) is 25.5 Å². The van der Waals surface area contributed by atoms with Crippen molar-refractivity contribution in [2.75, 3.05) is 5.32 Å². The van der Waals surface area contributed by atoms with E-state index in [0.717, 1.165) is 16.9 Å². The van der Waals surface area contributed by atoms with Crippen LogP contribution < -0.4 is 5.32 Å². The molecule has 0 radical (unpaired) electrons. The lowest BCUT2D eigenvalue weighted by Gasteiger charge is -2.01. The molecule has 2 heterocycles. The van der Waals surface area contributed by atoms with Crippen LogP contribution in [0.15, 0.2) is 12.3 Å². The number of anilines is 1. The third-order valence-corrected chi connectivity index (χ3v) is 2.24. The normalized spacial score (nSPS) is 20.5. The molecule has 1 aromatic heterocycles. The Hall–Kier alpha value is -1.38. The molecular weight excluding hydrogens is 152 g/mol. The van der Waals surface area contributed by atoms with Crippen molar-refractivity contribution in [3.8, 4) is 0 Å². The summed E-state index contributed by atoms with van der Waals surface area (Å²) in [7, 11) is 0. The van der Waals surface area contributed by atoms with Gasteiger partial charge >= 0.3 is 0 Å². The van der Waals surface area contributed by atoms with Crippen molar-refractivity contribution >= 4 is 11.6 Å². The van der Waals surface area contributed by atoms with Gasteiger partial charge in [-0.3, -0.25) is 9.78 Å². The highest BCUT2D eigenvalue weighted by atomic mass is 16.2. The predicted molar refractivity (Wildman–Crippen MR) is 46.0 cm³/mol. The van der Waals surface area contributed by atoms with Crippen molar-refractivity contribution in [3.05, 3.63) is 23.5 Å². The van der Waals surface area contributed by atoms with Crippen LogP contribution in [0.2, 0.25) is 0 Å². The number of nitrogens with zero attached hydrogens (tertiary/aromatic N) is 1. The number of amides is 1. The minimum atomic E-state index is -0.0973. The standard InChI is InChI=1S/C9H10N2O/c1-5-3-4-10-8-6(2)9(12)11-7(5)8/h3-4,6H,1-2H3,(H,11,12). The average Bonchev–Trinajstić information content (AvgIpc) is 2.32. The summed E-state index contributed by atoms with van der Waals surface area (Å²) in [5.74, 6) is -0.0494. The molecule has 0 spiro atoms.